The molecule has 2 heterocycles. The number of hydrogen-bond acceptors (Lipinski definition) is 5. The molecule has 18 heavy (non-hydrogen) atoms. The van der Waals surface area contributed by atoms with Gasteiger partial charge in [0.15, 0.2) is 0 Å². The molecule has 1 N–H and O–H groups in total. The van der Waals surface area contributed by atoms with Crippen molar-refractivity contribution < 1.29 is 0 Å². The molecule has 5 nitrogen and oxygen atoms in total. The first-order chi connectivity index (χ1) is 8.70. The van der Waals surface area contributed by atoms with E-state index in [1.807, 2.05) is 6.07 Å². The second-order valence-corrected chi connectivity index (χ2v) is 5.04. The van der Waals surface area contributed by atoms with E-state index < -0.39 is 0 Å². The number of rotatable bonds is 5. The fraction of sp³-hybridized carbons (Fsp3) is 0.692. The van der Waals surface area contributed by atoms with Gasteiger partial charge in [-0.3, -0.25) is 0 Å². The Balaban J connectivity index is 2.01. The van der Waals surface area contributed by atoms with Gasteiger partial charge in [-0.2, -0.15) is 0 Å². The Bertz CT molecular complexity index is 379. The smallest absolute Gasteiger partial charge is 0.134 e. The van der Waals surface area contributed by atoms with Gasteiger partial charge >= 0.3 is 0 Å². The highest BCUT2D eigenvalue weighted by atomic mass is 15.3. The third-order valence-electron chi connectivity index (χ3n) is 3.43. The summed E-state index contributed by atoms with van der Waals surface area (Å²) in [5.74, 6) is 1.96. The van der Waals surface area contributed by atoms with Crippen LogP contribution >= 0.6 is 0 Å². The first kappa shape index (κ1) is 13.1. The third-order valence-corrected chi connectivity index (χ3v) is 3.43. The fourth-order valence-corrected chi connectivity index (χ4v) is 2.24. The highest BCUT2D eigenvalue weighted by molar-refractivity contribution is 5.49. The fourth-order valence-electron chi connectivity index (χ4n) is 2.24. The third kappa shape index (κ3) is 3.10. The molecule has 1 fully saturated rings. The average Bonchev–Trinajstić information content (AvgIpc) is 2.86. The minimum absolute atomic E-state index is 0.631. The number of likely N-dealkylation sites (N-methyl/N-ethyl adjacent to an activating group) is 1. The first-order valence-corrected chi connectivity index (χ1v) is 6.68. The van der Waals surface area contributed by atoms with Gasteiger partial charge < -0.3 is 15.1 Å². The van der Waals surface area contributed by atoms with Crippen LogP contribution < -0.4 is 10.2 Å². The molecule has 5 heteroatoms. The lowest BCUT2D eigenvalue weighted by Gasteiger charge is -2.21. The molecule has 0 radical (unpaired) electrons. The number of aromatic nitrogens is 2. The first-order valence-electron chi connectivity index (χ1n) is 6.68. The number of nitrogens with one attached hydrogen (secondary N) is 1. The maximum atomic E-state index is 4.38. The Hall–Kier alpha value is -1.36. The summed E-state index contributed by atoms with van der Waals surface area (Å²) >= 11 is 0. The summed E-state index contributed by atoms with van der Waals surface area (Å²) < 4.78 is 0. The zero-order chi connectivity index (χ0) is 13.0. The van der Waals surface area contributed by atoms with Crippen molar-refractivity contribution >= 4 is 11.6 Å². The molecule has 0 amide bonds. The van der Waals surface area contributed by atoms with E-state index in [-0.39, 0.29) is 0 Å². The Labute approximate surface area is 109 Å². The highest BCUT2D eigenvalue weighted by Crippen LogP contribution is 2.21. The van der Waals surface area contributed by atoms with E-state index in [4.69, 9.17) is 0 Å². The van der Waals surface area contributed by atoms with E-state index in [1.165, 1.54) is 6.42 Å². The lowest BCUT2D eigenvalue weighted by Crippen LogP contribution is -2.31. The second-order valence-electron chi connectivity index (χ2n) is 5.04. The topological polar surface area (TPSA) is 44.3 Å². The van der Waals surface area contributed by atoms with Crippen LogP contribution in [0.1, 0.15) is 19.8 Å². The minimum Gasteiger partial charge on any atom is -0.370 e. The van der Waals surface area contributed by atoms with Gasteiger partial charge in [0.1, 0.15) is 18.0 Å². The molecule has 0 saturated carbocycles. The van der Waals surface area contributed by atoms with Crippen molar-refractivity contribution in [3.05, 3.63) is 12.4 Å². The quantitative estimate of drug-likeness (QED) is 0.855. The van der Waals surface area contributed by atoms with E-state index >= 15 is 0 Å². The summed E-state index contributed by atoms with van der Waals surface area (Å²) in [5.41, 5.74) is 0. The summed E-state index contributed by atoms with van der Waals surface area (Å²) in [6.07, 6.45) is 3.96. The molecule has 100 valence electrons. The van der Waals surface area contributed by atoms with Crippen LogP contribution in [0.5, 0.6) is 0 Å². The van der Waals surface area contributed by atoms with Gasteiger partial charge in [0.25, 0.3) is 0 Å². The Morgan fingerprint density at radius 1 is 1.44 bits per heavy atom. The summed E-state index contributed by atoms with van der Waals surface area (Å²) in [6, 6.07) is 2.68. The van der Waals surface area contributed by atoms with Crippen molar-refractivity contribution in [3.63, 3.8) is 0 Å². The van der Waals surface area contributed by atoms with E-state index in [9.17, 15) is 0 Å². The molecule has 1 aliphatic heterocycles. The van der Waals surface area contributed by atoms with Crippen molar-refractivity contribution in [3.8, 4) is 0 Å². The van der Waals surface area contributed by atoms with Crippen LogP contribution in [0.4, 0.5) is 11.6 Å². The molecule has 1 atom stereocenters. The van der Waals surface area contributed by atoms with Gasteiger partial charge in [0, 0.05) is 31.7 Å². The molecule has 0 bridgehead atoms. The molecule has 1 aliphatic rings. The molecule has 0 spiro atoms. The van der Waals surface area contributed by atoms with Crippen LogP contribution in [0.2, 0.25) is 0 Å². The van der Waals surface area contributed by atoms with E-state index in [0.29, 0.717) is 6.04 Å². The molecular weight excluding hydrogens is 226 g/mol. The van der Waals surface area contributed by atoms with Crippen molar-refractivity contribution in [1.29, 1.82) is 0 Å². The summed E-state index contributed by atoms with van der Waals surface area (Å²) in [4.78, 5) is 13.2. The SMILES string of the molecule is CCCNc1cc(N2CCC(N(C)C)C2)ncn1. The van der Waals surface area contributed by atoms with Crippen LogP contribution in [-0.4, -0.2) is 54.6 Å². The van der Waals surface area contributed by atoms with Crippen molar-refractivity contribution in [2.75, 3.05) is 43.9 Å². The molecule has 1 aromatic heterocycles. The summed E-state index contributed by atoms with van der Waals surface area (Å²) in [7, 11) is 4.28. The second kappa shape index (κ2) is 6.00. The largest absolute Gasteiger partial charge is 0.370 e. The minimum atomic E-state index is 0.631. The Morgan fingerprint density at radius 3 is 2.94 bits per heavy atom. The Kier molecular flexibility index (Phi) is 4.36. The number of hydrogen-bond donors (Lipinski definition) is 1. The van der Waals surface area contributed by atoms with Crippen LogP contribution in [0.25, 0.3) is 0 Å². The average molecular weight is 249 g/mol. The molecule has 0 aromatic carbocycles. The van der Waals surface area contributed by atoms with E-state index in [1.54, 1.807) is 6.33 Å². The number of anilines is 2. The van der Waals surface area contributed by atoms with Crippen LogP contribution in [-0.2, 0) is 0 Å². The monoisotopic (exact) mass is 249 g/mol. The maximum Gasteiger partial charge on any atom is 0.134 e. The van der Waals surface area contributed by atoms with Gasteiger partial charge in [-0.15, -0.1) is 0 Å². The summed E-state index contributed by atoms with van der Waals surface area (Å²) in [6.45, 7) is 5.23. The van der Waals surface area contributed by atoms with Crippen molar-refractivity contribution in [2.24, 2.45) is 0 Å². The lowest BCUT2D eigenvalue weighted by molar-refractivity contribution is 0.315. The molecule has 1 unspecified atom stereocenters. The van der Waals surface area contributed by atoms with E-state index in [0.717, 1.165) is 37.7 Å². The van der Waals surface area contributed by atoms with Crippen molar-refractivity contribution in [2.45, 2.75) is 25.8 Å². The molecular formula is C13H23N5. The predicted octanol–water partition coefficient (Wildman–Crippen LogP) is 1.44. The van der Waals surface area contributed by atoms with Crippen LogP contribution in [0, 0.1) is 0 Å². The molecule has 2 rings (SSSR count). The normalized spacial score (nSPS) is 19.6. The van der Waals surface area contributed by atoms with Gasteiger partial charge in [-0.25, -0.2) is 9.97 Å². The lowest BCUT2D eigenvalue weighted by atomic mass is 10.2. The highest BCUT2D eigenvalue weighted by Gasteiger charge is 2.24. The predicted molar refractivity (Wildman–Crippen MR) is 75.1 cm³/mol. The maximum absolute atomic E-state index is 4.38. The van der Waals surface area contributed by atoms with E-state index in [2.05, 4.69) is 46.1 Å². The Morgan fingerprint density at radius 2 is 2.28 bits per heavy atom. The standard InChI is InChI=1S/C13H23N5/c1-4-6-14-12-8-13(16-10-15-12)18-7-5-11(9-18)17(2)3/h8,10-11H,4-7,9H2,1-3H3,(H,14,15,16). The molecule has 1 aromatic rings. The van der Waals surface area contributed by atoms with Crippen LogP contribution in [0.3, 0.4) is 0 Å². The van der Waals surface area contributed by atoms with Gasteiger partial charge in [0.05, 0.1) is 0 Å². The van der Waals surface area contributed by atoms with Crippen molar-refractivity contribution in [1.82, 2.24) is 14.9 Å². The van der Waals surface area contributed by atoms with Crippen LogP contribution in [0.15, 0.2) is 12.4 Å². The number of nitrogens with zero attached hydrogens (tertiary/aromatic N) is 4. The summed E-state index contributed by atoms with van der Waals surface area (Å²) in [5, 5.41) is 3.30. The molecule has 1 saturated heterocycles. The zero-order valence-electron chi connectivity index (χ0n) is 11.6. The van der Waals surface area contributed by atoms with Gasteiger partial charge in [0.2, 0.25) is 0 Å². The van der Waals surface area contributed by atoms with Gasteiger partial charge in [-0.1, -0.05) is 6.92 Å². The molecule has 0 aliphatic carbocycles. The zero-order valence-corrected chi connectivity index (χ0v) is 11.6. The van der Waals surface area contributed by atoms with Gasteiger partial charge in [-0.05, 0) is 26.9 Å².